The van der Waals surface area contributed by atoms with E-state index in [1.54, 1.807) is 28.4 Å². The molecule has 0 aliphatic rings. The van der Waals surface area contributed by atoms with Crippen LogP contribution in [0.3, 0.4) is 0 Å². The molecular formula is C26H37ClN2O4. The SMILES string of the molecule is CCC(C#N)(CCC[NH+](C)CCc1cccc(OC)c1OC)c1ccc(OC)c(OC)c1.[Cl-]. The van der Waals surface area contributed by atoms with Crippen LogP contribution < -0.4 is 36.3 Å². The lowest BCUT2D eigenvalue weighted by molar-refractivity contribution is -0.879. The minimum Gasteiger partial charge on any atom is -1.00 e. The van der Waals surface area contributed by atoms with Crippen LogP contribution in [0.1, 0.15) is 37.3 Å². The molecule has 1 N–H and O–H groups in total. The number of methoxy groups -OCH3 is 4. The number of nitrogens with one attached hydrogen (secondary N) is 1. The van der Waals surface area contributed by atoms with Crippen LogP contribution in [-0.4, -0.2) is 48.6 Å². The fourth-order valence-electron chi connectivity index (χ4n) is 4.17. The van der Waals surface area contributed by atoms with Crippen molar-refractivity contribution in [1.82, 2.24) is 0 Å². The summed E-state index contributed by atoms with van der Waals surface area (Å²) in [4.78, 5) is 1.42. The number of nitriles is 1. The molecule has 2 unspecified atom stereocenters. The van der Waals surface area contributed by atoms with E-state index in [4.69, 9.17) is 18.9 Å². The van der Waals surface area contributed by atoms with Crippen LogP contribution in [-0.2, 0) is 11.8 Å². The molecule has 0 saturated carbocycles. The van der Waals surface area contributed by atoms with Crippen LogP contribution in [0, 0.1) is 11.3 Å². The van der Waals surface area contributed by atoms with E-state index in [0.717, 1.165) is 61.4 Å². The first-order chi connectivity index (χ1) is 15.5. The average molecular weight is 477 g/mol. The summed E-state index contributed by atoms with van der Waals surface area (Å²) in [6.45, 7) is 4.04. The zero-order chi connectivity index (χ0) is 23.6. The highest BCUT2D eigenvalue weighted by atomic mass is 35.5. The number of halogens is 1. The van der Waals surface area contributed by atoms with E-state index >= 15 is 0 Å². The van der Waals surface area contributed by atoms with Gasteiger partial charge in [0.1, 0.15) is 0 Å². The first kappa shape index (κ1) is 28.4. The summed E-state index contributed by atoms with van der Waals surface area (Å²) in [6.07, 6.45) is 3.41. The van der Waals surface area contributed by atoms with Crippen molar-refractivity contribution in [3.63, 3.8) is 0 Å². The Morgan fingerprint density at radius 2 is 1.61 bits per heavy atom. The lowest BCUT2D eigenvalue weighted by Crippen LogP contribution is -3.09. The van der Waals surface area contributed by atoms with Crippen LogP contribution in [0.4, 0.5) is 0 Å². The number of hydrogen-bond donors (Lipinski definition) is 1. The third-order valence-electron chi connectivity index (χ3n) is 6.27. The van der Waals surface area contributed by atoms with E-state index in [0.29, 0.717) is 11.5 Å². The number of ether oxygens (including phenoxy) is 4. The van der Waals surface area contributed by atoms with E-state index < -0.39 is 5.41 Å². The molecule has 33 heavy (non-hydrogen) atoms. The maximum absolute atomic E-state index is 10.1. The Bertz CT molecular complexity index is 916. The Labute approximate surface area is 204 Å². The molecule has 2 atom stereocenters. The largest absolute Gasteiger partial charge is 1.00 e. The summed E-state index contributed by atoms with van der Waals surface area (Å²) in [5, 5.41) is 10.1. The van der Waals surface area contributed by atoms with E-state index in [-0.39, 0.29) is 12.4 Å². The Morgan fingerprint density at radius 1 is 0.909 bits per heavy atom. The molecule has 7 heteroatoms. The highest BCUT2D eigenvalue weighted by Gasteiger charge is 2.31. The first-order valence-corrected chi connectivity index (χ1v) is 11.1. The smallest absolute Gasteiger partial charge is 0.164 e. The van der Waals surface area contributed by atoms with Gasteiger partial charge in [0.2, 0.25) is 0 Å². The van der Waals surface area contributed by atoms with Crippen molar-refractivity contribution in [2.75, 3.05) is 48.6 Å². The highest BCUT2D eigenvalue weighted by Crippen LogP contribution is 2.37. The number of likely N-dealkylation sites (N-methyl/N-ethyl adjacent to an activating group) is 1. The number of quaternary nitrogens is 1. The summed E-state index contributed by atoms with van der Waals surface area (Å²) < 4.78 is 21.8. The van der Waals surface area contributed by atoms with Crippen LogP contribution in [0.15, 0.2) is 36.4 Å². The van der Waals surface area contributed by atoms with Crippen molar-refractivity contribution in [2.45, 2.75) is 38.0 Å². The molecule has 0 heterocycles. The van der Waals surface area contributed by atoms with Gasteiger partial charge in [-0.05, 0) is 43.0 Å². The summed E-state index contributed by atoms with van der Waals surface area (Å²) in [5.74, 6) is 2.91. The molecule has 0 spiro atoms. The van der Waals surface area contributed by atoms with Crippen LogP contribution >= 0.6 is 0 Å². The Morgan fingerprint density at radius 3 is 2.18 bits per heavy atom. The number of nitrogens with zero attached hydrogens (tertiary/aromatic N) is 1. The molecule has 0 aliphatic heterocycles. The second-order valence-electron chi connectivity index (χ2n) is 8.08. The molecule has 0 aromatic heterocycles. The molecular weight excluding hydrogens is 440 g/mol. The van der Waals surface area contributed by atoms with Crippen molar-refractivity contribution in [3.05, 3.63) is 47.5 Å². The van der Waals surface area contributed by atoms with Gasteiger partial charge in [-0.25, -0.2) is 0 Å². The lowest BCUT2D eigenvalue weighted by atomic mass is 9.75. The predicted octanol–water partition coefficient (Wildman–Crippen LogP) is 0.434. The Hall–Kier alpha value is -2.62. The van der Waals surface area contributed by atoms with E-state index in [9.17, 15) is 5.26 Å². The number of benzene rings is 2. The van der Waals surface area contributed by atoms with E-state index in [2.05, 4.69) is 26.1 Å². The number of para-hydroxylation sites is 1. The van der Waals surface area contributed by atoms with Gasteiger partial charge in [-0.3, -0.25) is 0 Å². The highest BCUT2D eigenvalue weighted by molar-refractivity contribution is 5.47. The third-order valence-corrected chi connectivity index (χ3v) is 6.27. The minimum atomic E-state index is -0.532. The standard InChI is InChI=1S/C26H36N2O4.ClH/c1-7-26(19-27,21-12-13-22(29-3)24(18-21)31-5)15-9-16-28(2)17-14-20-10-8-11-23(30-4)25(20)32-6;/h8,10-13,18H,7,9,14-17H2,1-6H3;1H. The zero-order valence-corrected chi connectivity index (χ0v) is 21.4. The van der Waals surface area contributed by atoms with E-state index in [1.165, 1.54) is 4.90 Å². The lowest BCUT2D eigenvalue weighted by Gasteiger charge is -2.27. The molecule has 0 aliphatic carbocycles. The van der Waals surface area contributed by atoms with Crippen molar-refractivity contribution in [2.24, 2.45) is 0 Å². The molecule has 0 radical (unpaired) electrons. The summed E-state index contributed by atoms with van der Waals surface area (Å²) in [6, 6.07) is 14.4. The molecule has 2 rings (SSSR count). The maximum Gasteiger partial charge on any atom is 0.164 e. The second-order valence-corrected chi connectivity index (χ2v) is 8.08. The summed E-state index contributed by atoms with van der Waals surface area (Å²) in [5.41, 5.74) is 1.60. The minimum absolute atomic E-state index is 0. The quantitative estimate of drug-likeness (QED) is 0.454. The Balaban J connectivity index is 0.00000544. The zero-order valence-electron chi connectivity index (χ0n) is 20.7. The van der Waals surface area contributed by atoms with Gasteiger partial charge in [-0.2, -0.15) is 5.26 Å². The fraction of sp³-hybridized carbons (Fsp3) is 0.500. The maximum atomic E-state index is 10.1. The summed E-state index contributed by atoms with van der Waals surface area (Å²) >= 11 is 0. The molecule has 182 valence electrons. The van der Waals surface area contributed by atoms with Crippen LogP contribution in [0.2, 0.25) is 0 Å². The van der Waals surface area contributed by atoms with Gasteiger partial charge in [0.25, 0.3) is 0 Å². The molecule has 0 saturated heterocycles. The van der Waals surface area contributed by atoms with Gasteiger partial charge < -0.3 is 36.3 Å². The molecule has 2 aromatic rings. The second kappa shape index (κ2) is 13.8. The molecule has 0 fully saturated rings. The predicted molar refractivity (Wildman–Crippen MR) is 126 cm³/mol. The van der Waals surface area contributed by atoms with Gasteiger partial charge in [-0.15, -0.1) is 0 Å². The fourth-order valence-corrected chi connectivity index (χ4v) is 4.17. The van der Waals surface area contributed by atoms with Crippen LogP contribution in [0.5, 0.6) is 23.0 Å². The average Bonchev–Trinajstić information content (AvgIpc) is 2.84. The summed E-state index contributed by atoms with van der Waals surface area (Å²) in [7, 11) is 8.78. The van der Waals surface area contributed by atoms with E-state index in [1.807, 2.05) is 30.3 Å². The van der Waals surface area contributed by atoms with Crippen molar-refractivity contribution >= 4 is 0 Å². The molecule has 0 amide bonds. The topological polar surface area (TPSA) is 65.2 Å². The monoisotopic (exact) mass is 476 g/mol. The van der Waals surface area contributed by atoms with Gasteiger partial charge >= 0.3 is 0 Å². The van der Waals surface area contributed by atoms with Crippen LogP contribution in [0.25, 0.3) is 0 Å². The molecule has 6 nitrogen and oxygen atoms in total. The van der Waals surface area contributed by atoms with Gasteiger partial charge in [0.05, 0.1) is 60.1 Å². The van der Waals surface area contributed by atoms with Crippen molar-refractivity contribution in [1.29, 1.82) is 5.26 Å². The number of hydrogen-bond acceptors (Lipinski definition) is 5. The van der Waals surface area contributed by atoms with Crippen molar-refractivity contribution < 1.29 is 36.3 Å². The Kier molecular flexibility index (Phi) is 11.9. The molecule has 2 aromatic carbocycles. The van der Waals surface area contributed by atoms with Crippen molar-refractivity contribution in [3.8, 4) is 29.1 Å². The molecule has 0 bridgehead atoms. The number of rotatable bonds is 13. The van der Waals surface area contributed by atoms with Gasteiger partial charge in [0.15, 0.2) is 23.0 Å². The van der Waals surface area contributed by atoms with Gasteiger partial charge in [0, 0.05) is 12.0 Å². The first-order valence-electron chi connectivity index (χ1n) is 11.1. The van der Waals surface area contributed by atoms with Gasteiger partial charge in [-0.1, -0.05) is 25.1 Å². The third kappa shape index (κ3) is 6.93. The normalized spacial score (nSPS) is 13.1.